The molecule has 1 aromatic rings. The van der Waals surface area contributed by atoms with E-state index in [0.717, 1.165) is 16.4 Å². The summed E-state index contributed by atoms with van der Waals surface area (Å²) in [6.07, 6.45) is 0. The molecule has 0 fully saturated rings. The predicted octanol–water partition coefficient (Wildman–Crippen LogP) is 0.428. The molecule has 19 heavy (non-hydrogen) atoms. The van der Waals surface area contributed by atoms with Crippen LogP contribution in [0.25, 0.3) is 0 Å². The molecular formula is C10H13ClFN3O3S. The molecule has 9 heteroatoms. The van der Waals surface area contributed by atoms with E-state index in [9.17, 15) is 17.6 Å². The zero-order chi connectivity index (χ0) is 14.8. The molecule has 0 atom stereocenters. The number of carbonyl (C=O) groups is 1. The Bertz CT molecular complexity index is 606. The molecule has 0 aliphatic heterocycles. The van der Waals surface area contributed by atoms with Gasteiger partial charge in [0.25, 0.3) is 0 Å². The smallest absolute Gasteiger partial charge is 0.244 e. The topological polar surface area (TPSA) is 92.5 Å². The van der Waals surface area contributed by atoms with Gasteiger partial charge in [-0.05, 0) is 12.1 Å². The molecular weight excluding hydrogens is 297 g/mol. The van der Waals surface area contributed by atoms with E-state index in [1.165, 1.54) is 14.1 Å². The normalized spacial score (nSPS) is 11.6. The first-order valence-corrected chi connectivity index (χ1v) is 6.93. The van der Waals surface area contributed by atoms with Crippen molar-refractivity contribution in [3.8, 4) is 0 Å². The van der Waals surface area contributed by atoms with Crippen LogP contribution in [0.4, 0.5) is 10.1 Å². The Hall–Kier alpha value is -1.38. The Morgan fingerprint density at radius 1 is 1.53 bits per heavy atom. The summed E-state index contributed by atoms with van der Waals surface area (Å²) in [5.41, 5.74) is 4.98. The van der Waals surface area contributed by atoms with Gasteiger partial charge in [0.1, 0.15) is 10.7 Å². The van der Waals surface area contributed by atoms with E-state index in [0.29, 0.717) is 0 Å². The summed E-state index contributed by atoms with van der Waals surface area (Å²) in [6, 6.07) is 1.74. The number of amides is 1. The van der Waals surface area contributed by atoms with E-state index in [1.54, 1.807) is 0 Å². The van der Waals surface area contributed by atoms with Crippen LogP contribution in [0.5, 0.6) is 0 Å². The lowest BCUT2D eigenvalue weighted by molar-refractivity contribution is -0.120. The number of anilines is 1. The van der Waals surface area contributed by atoms with Crippen molar-refractivity contribution in [2.75, 3.05) is 26.4 Å². The number of hydrogen-bond donors (Lipinski definition) is 2. The van der Waals surface area contributed by atoms with Gasteiger partial charge >= 0.3 is 0 Å². The molecule has 0 heterocycles. The lowest BCUT2D eigenvalue weighted by atomic mass is 10.3. The number of sulfonamides is 1. The molecule has 1 aromatic carbocycles. The number of rotatable bonds is 4. The number of carbonyl (C=O) groups excluding carboxylic acids is 1. The molecule has 106 valence electrons. The third kappa shape index (κ3) is 3.34. The van der Waals surface area contributed by atoms with Crippen LogP contribution in [0, 0.1) is 5.82 Å². The summed E-state index contributed by atoms with van der Waals surface area (Å²) in [7, 11) is -1.43. The lowest BCUT2D eigenvalue weighted by Crippen LogP contribution is -2.37. The van der Waals surface area contributed by atoms with Crippen molar-refractivity contribution in [2.45, 2.75) is 4.90 Å². The molecule has 3 N–H and O–H groups in total. The Kier molecular flexibility index (Phi) is 4.72. The minimum atomic E-state index is -4.02. The lowest BCUT2D eigenvalue weighted by Gasteiger charge is -2.17. The number of nitrogens with zero attached hydrogens (tertiary/aromatic N) is 1. The largest absolute Gasteiger partial charge is 0.396 e. The predicted molar refractivity (Wildman–Crippen MR) is 69.7 cm³/mol. The van der Waals surface area contributed by atoms with E-state index in [-0.39, 0.29) is 22.2 Å². The van der Waals surface area contributed by atoms with E-state index in [1.807, 2.05) is 0 Å². The molecule has 0 aromatic heterocycles. The van der Waals surface area contributed by atoms with Gasteiger partial charge in [-0.3, -0.25) is 4.79 Å². The SMILES string of the molecule is CNC(=O)CN(C)S(=O)(=O)c1cc(N)c(F)cc1Cl. The van der Waals surface area contributed by atoms with Gasteiger partial charge in [0.05, 0.1) is 17.3 Å². The van der Waals surface area contributed by atoms with Crippen molar-refractivity contribution >= 4 is 33.2 Å². The van der Waals surface area contributed by atoms with Crippen molar-refractivity contribution in [2.24, 2.45) is 0 Å². The molecule has 0 aliphatic rings. The number of nitrogens with two attached hydrogens (primary N) is 1. The van der Waals surface area contributed by atoms with Gasteiger partial charge in [-0.15, -0.1) is 0 Å². The van der Waals surface area contributed by atoms with E-state index >= 15 is 0 Å². The standard InChI is InChI=1S/C10H13ClFN3O3S/c1-14-10(16)5-15(2)19(17,18)9-4-8(13)7(12)3-6(9)11/h3-4H,5,13H2,1-2H3,(H,14,16). The summed E-state index contributed by atoms with van der Waals surface area (Å²) in [4.78, 5) is 10.8. The average molecular weight is 310 g/mol. The Balaban J connectivity index is 3.20. The van der Waals surface area contributed by atoms with Crippen LogP contribution in [0.1, 0.15) is 0 Å². The fourth-order valence-corrected chi connectivity index (χ4v) is 2.92. The zero-order valence-corrected chi connectivity index (χ0v) is 11.8. The quantitative estimate of drug-likeness (QED) is 0.789. The molecule has 6 nitrogen and oxygen atoms in total. The van der Waals surface area contributed by atoms with E-state index < -0.39 is 21.7 Å². The zero-order valence-electron chi connectivity index (χ0n) is 10.3. The minimum absolute atomic E-state index is 0.296. The van der Waals surface area contributed by atoms with Crippen molar-refractivity contribution in [1.29, 1.82) is 0 Å². The molecule has 0 spiro atoms. The molecule has 0 radical (unpaired) electrons. The van der Waals surface area contributed by atoms with Crippen LogP contribution in [0.2, 0.25) is 5.02 Å². The maximum Gasteiger partial charge on any atom is 0.244 e. The number of benzene rings is 1. The molecule has 0 unspecified atom stereocenters. The van der Waals surface area contributed by atoms with Crippen molar-refractivity contribution < 1.29 is 17.6 Å². The first-order chi connectivity index (χ1) is 8.70. The average Bonchev–Trinajstić information content (AvgIpc) is 2.33. The monoisotopic (exact) mass is 309 g/mol. The van der Waals surface area contributed by atoms with Crippen LogP contribution in [0.3, 0.4) is 0 Å². The van der Waals surface area contributed by atoms with Gasteiger partial charge in [-0.2, -0.15) is 4.31 Å². The third-order valence-electron chi connectivity index (χ3n) is 2.38. The summed E-state index contributed by atoms with van der Waals surface area (Å²) < 4.78 is 38.2. The van der Waals surface area contributed by atoms with Crippen molar-refractivity contribution in [3.63, 3.8) is 0 Å². The maximum atomic E-state index is 13.1. The summed E-state index contributed by atoms with van der Waals surface area (Å²) >= 11 is 5.70. The second-order valence-corrected chi connectivity index (χ2v) is 6.16. The summed E-state index contributed by atoms with van der Waals surface area (Å²) in [5, 5.41) is 2.00. The highest BCUT2D eigenvalue weighted by Crippen LogP contribution is 2.28. The molecule has 0 aliphatic carbocycles. The Labute approximate surface area is 115 Å². The molecule has 1 rings (SSSR count). The van der Waals surface area contributed by atoms with Crippen molar-refractivity contribution in [3.05, 3.63) is 23.0 Å². The Morgan fingerprint density at radius 2 is 2.11 bits per heavy atom. The number of likely N-dealkylation sites (N-methyl/N-ethyl adjacent to an activating group) is 2. The first kappa shape index (κ1) is 15.7. The third-order valence-corrected chi connectivity index (χ3v) is 4.65. The van der Waals surface area contributed by atoms with Gasteiger partial charge in [-0.1, -0.05) is 11.6 Å². The van der Waals surface area contributed by atoms with Crippen LogP contribution < -0.4 is 11.1 Å². The van der Waals surface area contributed by atoms with Crippen LogP contribution >= 0.6 is 11.6 Å². The first-order valence-electron chi connectivity index (χ1n) is 5.11. The summed E-state index contributed by atoms with van der Waals surface area (Å²) in [5.74, 6) is -1.30. The molecule has 1 amide bonds. The van der Waals surface area contributed by atoms with Crippen LogP contribution in [0.15, 0.2) is 17.0 Å². The van der Waals surface area contributed by atoms with Gasteiger partial charge in [0.15, 0.2) is 0 Å². The fraction of sp³-hybridized carbons (Fsp3) is 0.300. The number of halogens is 2. The van der Waals surface area contributed by atoms with Gasteiger partial charge in [0.2, 0.25) is 15.9 Å². The maximum absolute atomic E-state index is 13.1. The van der Waals surface area contributed by atoms with E-state index in [2.05, 4.69) is 5.32 Å². The number of nitrogens with one attached hydrogen (secondary N) is 1. The minimum Gasteiger partial charge on any atom is -0.396 e. The van der Waals surface area contributed by atoms with Gasteiger partial charge in [0, 0.05) is 14.1 Å². The second kappa shape index (κ2) is 5.72. The van der Waals surface area contributed by atoms with Gasteiger partial charge < -0.3 is 11.1 Å². The summed E-state index contributed by atoms with van der Waals surface area (Å²) in [6.45, 7) is -0.382. The second-order valence-electron chi connectivity index (χ2n) is 3.74. The molecule has 0 bridgehead atoms. The number of nitrogen functional groups attached to an aromatic ring is 1. The number of hydrogen-bond acceptors (Lipinski definition) is 4. The van der Waals surface area contributed by atoms with Crippen LogP contribution in [-0.2, 0) is 14.8 Å². The molecule has 0 saturated heterocycles. The van der Waals surface area contributed by atoms with E-state index in [4.69, 9.17) is 17.3 Å². The van der Waals surface area contributed by atoms with Crippen molar-refractivity contribution in [1.82, 2.24) is 9.62 Å². The molecule has 0 saturated carbocycles. The highest BCUT2D eigenvalue weighted by Gasteiger charge is 2.26. The highest BCUT2D eigenvalue weighted by atomic mass is 35.5. The fourth-order valence-electron chi connectivity index (χ4n) is 1.28. The van der Waals surface area contributed by atoms with Gasteiger partial charge in [-0.25, -0.2) is 12.8 Å². The highest BCUT2D eigenvalue weighted by molar-refractivity contribution is 7.89. The Morgan fingerprint density at radius 3 is 2.63 bits per heavy atom. The van der Waals surface area contributed by atoms with Crippen LogP contribution in [-0.4, -0.2) is 39.3 Å².